The lowest BCUT2D eigenvalue weighted by Gasteiger charge is -2.20. The molecule has 0 spiro atoms. The van der Waals surface area contributed by atoms with Gasteiger partial charge in [-0.2, -0.15) is 5.10 Å². The zero-order valence-electron chi connectivity index (χ0n) is 7.42. The van der Waals surface area contributed by atoms with E-state index < -0.39 is 0 Å². The van der Waals surface area contributed by atoms with Crippen molar-refractivity contribution in [3.05, 3.63) is 0 Å². The van der Waals surface area contributed by atoms with Crippen molar-refractivity contribution in [2.24, 2.45) is 5.10 Å². The van der Waals surface area contributed by atoms with Gasteiger partial charge in [0.15, 0.2) is 5.84 Å². The normalized spacial score (nSPS) is 28.9. The van der Waals surface area contributed by atoms with Gasteiger partial charge in [-0.05, 0) is 19.8 Å². The van der Waals surface area contributed by atoms with Gasteiger partial charge in [-0.25, -0.2) is 0 Å². The van der Waals surface area contributed by atoms with E-state index in [0.717, 1.165) is 32.1 Å². The Morgan fingerprint density at radius 3 is 3.33 bits per heavy atom. The van der Waals surface area contributed by atoms with Gasteiger partial charge in [-0.3, -0.25) is 5.43 Å². The van der Waals surface area contributed by atoms with Gasteiger partial charge in [-0.15, -0.1) is 0 Å². The topological polar surface area (TPSA) is 36.9 Å². The fourth-order valence-corrected chi connectivity index (χ4v) is 1.68. The molecule has 1 fully saturated rings. The molecule has 12 heavy (non-hydrogen) atoms. The highest BCUT2D eigenvalue weighted by atomic mass is 16.5. The van der Waals surface area contributed by atoms with Gasteiger partial charge in [0.2, 0.25) is 0 Å². The van der Waals surface area contributed by atoms with E-state index in [0.29, 0.717) is 0 Å². The minimum Gasteiger partial charge on any atom is -0.370 e. The highest BCUT2D eigenvalue weighted by molar-refractivity contribution is 5.87. The monoisotopic (exact) mass is 169 g/mol. The quantitative estimate of drug-likeness (QED) is 0.648. The maximum atomic E-state index is 5.56. The predicted molar refractivity (Wildman–Crippen MR) is 46.8 cm³/mol. The van der Waals surface area contributed by atoms with Crippen LogP contribution in [0.1, 0.15) is 19.8 Å². The first-order valence-electron chi connectivity index (χ1n) is 4.59. The van der Waals surface area contributed by atoms with Crippen LogP contribution in [0.3, 0.4) is 0 Å². The second-order valence-corrected chi connectivity index (χ2v) is 3.14. The fraction of sp³-hybridized carbons (Fsp3) is 0.875. The van der Waals surface area contributed by atoms with Crippen LogP contribution in [0.15, 0.2) is 5.10 Å². The lowest BCUT2D eigenvalue weighted by Crippen LogP contribution is -2.36. The number of hydrazone groups is 1. The van der Waals surface area contributed by atoms with Crippen molar-refractivity contribution in [2.45, 2.75) is 25.9 Å². The van der Waals surface area contributed by atoms with Crippen LogP contribution < -0.4 is 5.43 Å². The zero-order chi connectivity index (χ0) is 8.39. The third kappa shape index (κ3) is 1.27. The van der Waals surface area contributed by atoms with Crippen molar-refractivity contribution in [3.8, 4) is 0 Å². The summed E-state index contributed by atoms with van der Waals surface area (Å²) < 4.78 is 5.56. The molecule has 1 unspecified atom stereocenters. The minimum absolute atomic E-state index is 0.250. The molecular formula is C8H15N3O. The molecule has 0 aromatic carbocycles. The summed E-state index contributed by atoms with van der Waals surface area (Å²) in [5.74, 6) is 1.09. The van der Waals surface area contributed by atoms with Gasteiger partial charge in [0.05, 0.1) is 0 Å². The standard InChI is InChI=1S/C8H15N3O/c1-2-11-6-9-10-8(11)7-4-3-5-12-7/h7,9H,2-6H2,1H3. The number of amidine groups is 1. The predicted octanol–water partition coefficient (Wildman–Crippen LogP) is 0.361. The lowest BCUT2D eigenvalue weighted by atomic mass is 10.2. The molecule has 0 aliphatic carbocycles. The number of hydrogen-bond donors (Lipinski definition) is 1. The number of nitrogens with zero attached hydrogens (tertiary/aromatic N) is 2. The highest BCUT2D eigenvalue weighted by Crippen LogP contribution is 2.16. The number of hydrogen-bond acceptors (Lipinski definition) is 4. The van der Waals surface area contributed by atoms with Crippen LogP contribution in [0.5, 0.6) is 0 Å². The van der Waals surface area contributed by atoms with Gasteiger partial charge in [0, 0.05) is 13.2 Å². The molecule has 0 bridgehead atoms. The van der Waals surface area contributed by atoms with E-state index in [1.807, 2.05) is 0 Å². The highest BCUT2D eigenvalue weighted by Gasteiger charge is 2.28. The first-order valence-corrected chi connectivity index (χ1v) is 4.59. The second kappa shape index (κ2) is 3.31. The van der Waals surface area contributed by atoms with E-state index in [4.69, 9.17) is 4.74 Å². The van der Waals surface area contributed by atoms with Gasteiger partial charge < -0.3 is 9.64 Å². The number of ether oxygens (including phenoxy) is 1. The molecule has 4 heteroatoms. The van der Waals surface area contributed by atoms with Crippen molar-refractivity contribution in [2.75, 3.05) is 19.8 Å². The zero-order valence-corrected chi connectivity index (χ0v) is 7.42. The van der Waals surface area contributed by atoms with Crippen LogP contribution in [0.4, 0.5) is 0 Å². The summed E-state index contributed by atoms with van der Waals surface area (Å²) in [5.41, 5.74) is 2.98. The van der Waals surface area contributed by atoms with Crippen LogP contribution in [0.2, 0.25) is 0 Å². The first-order chi connectivity index (χ1) is 5.92. The van der Waals surface area contributed by atoms with Crippen LogP contribution in [0, 0.1) is 0 Å². The number of rotatable bonds is 2. The molecule has 2 rings (SSSR count). The van der Waals surface area contributed by atoms with E-state index in [2.05, 4.69) is 22.4 Å². The molecule has 4 nitrogen and oxygen atoms in total. The van der Waals surface area contributed by atoms with Crippen molar-refractivity contribution in [1.82, 2.24) is 10.3 Å². The molecule has 0 aromatic heterocycles. The van der Waals surface area contributed by atoms with Crippen LogP contribution in [-0.4, -0.2) is 36.7 Å². The maximum Gasteiger partial charge on any atom is 0.155 e. The lowest BCUT2D eigenvalue weighted by molar-refractivity contribution is 0.149. The third-order valence-corrected chi connectivity index (χ3v) is 2.38. The Balaban J connectivity index is 2.01. The first kappa shape index (κ1) is 7.86. The number of nitrogens with one attached hydrogen (secondary N) is 1. The molecule has 2 heterocycles. The Hall–Kier alpha value is -0.770. The van der Waals surface area contributed by atoms with E-state index >= 15 is 0 Å². The van der Waals surface area contributed by atoms with Crippen molar-refractivity contribution in [1.29, 1.82) is 0 Å². The summed E-state index contributed by atoms with van der Waals surface area (Å²) in [7, 11) is 0. The van der Waals surface area contributed by atoms with Crippen molar-refractivity contribution in [3.63, 3.8) is 0 Å². The average molecular weight is 169 g/mol. The molecule has 1 saturated heterocycles. The minimum atomic E-state index is 0.250. The summed E-state index contributed by atoms with van der Waals surface area (Å²) in [4.78, 5) is 2.22. The molecule has 68 valence electrons. The second-order valence-electron chi connectivity index (χ2n) is 3.14. The average Bonchev–Trinajstić information content (AvgIpc) is 2.74. The SMILES string of the molecule is CCN1CNN=C1C1CCCO1. The van der Waals surface area contributed by atoms with E-state index in [1.165, 1.54) is 6.42 Å². The number of likely N-dealkylation sites (N-methyl/N-ethyl adjacent to an activating group) is 1. The summed E-state index contributed by atoms with van der Waals surface area (Å²) >= 11 is 0. The summed E-state index contributed by atoms with van der Waals surface area (Å²) in [6.07, 6.45) is 2.54. The molecule has 2 aliphatic rings. The van der Waals surface area contributed by atoms with E-state index in [1.54, 1.807) is 0 Å². The smallest absolute Gasteiger partial charge is 0.155 e. The third-order valence-electron chi connectivity index (χ3n) is 2.38. The molecule has 0 saturated carbocycles. The van der Waals surface area contributed by atoms with E-state index in [9.17, 15) is 0 Å². The molecule has 1 N–H and O–H groups in total. The maximum absolute atomic E-state index is 5.56. The summed E-state index contributed by atoms with van der Waals surface area (Å²) in [5, 5.41) is 4.24. The molecule has 0 aromatic rings. The Morgan fingerprint density at radius 1 is 1.75 bits per heavy atom. The Labute approximate surface area is 72.6 Å². The molecule has 2 aliphatic heterocycles. The van der Waals surface area contributed by atoms with Crippen LogP contribution in [-0.2, 0) is 4.74 Å². The Kier molecular flexibility index (Phi) is 2.17. The van der Waals surface area contributed by atoms with Gasteiger partial charge in [0.1, 0.15) is 12.8 Å². The Morgan fingerprint density at radius 2 is 2.67 bits per heavy atom. The van der Waals surface area contributed by atoms with Crippen molar-refractivity contribution >= 4 is 5.84 Å². The summed E-state index contributed by atoms with van der Waals surface area (Å²) in [6.45, 7) is 4.87. The summed E-state index contributed by atoms with van der Waals surface area (Å²) in [6, 6.07) is 0. The van der Waals surface area contributed by atoms with Crippen molar-refractivity contribution < 1.29 is 4.74 Å². The molecule has 0 radical (unpaired) electrons. The van der Waals surface area contributed by atoms with Gasteiger partial charge in [0.25, 0.3) is 0 Å². The molecule has 0 amide bonds. The van der Waals surface area contributed by atoms with E-state index in [-0.39, 0.29) is 6.10 Å². The van der Waals surface area contributed by atoms with Gasteiger partial charge in [-0.1, -0.05) is 0 Å². The van der Waals surface area contributed by atoms with Gasteiger partial charge >= 0.3 is 0 Å². The largest absolute Gasteiger partial charge is 0.370 e. The van der Waals surface area contributed by atoms with Crippen LogP contribution in [0.25, 0.3) is 0 Å². The molecule has 1 atom stereocenters. The Bertz CT molecular complexity index is 187. The molecular weight excluding hydrogens is 154 g/mol. The fourth-order valence-electron chi connectivity index (χ4n) is 1.68. The van der Waals surface area contributed by atoms with Crippen LogP contribution >= 0.6 is 0 Å².